The number of benzene rings is 1. The van der Waals surface area contributed by atoms with E-state index in [-0.39, 0.29) is 18.4 Å². The molecule has 9 heteroatoms. The number of hydrogen-bond acceptors (Lipinski definition) is 7. The molecular formula is C17H20N4O5. The number of hydrogen-bond donors (Lipinski definition) is 2. The fourth-order valence-electron chi connectivity index (χ4n) is 3.06. The number of para-hydroxylation sites is 1. The highest BCUT2D eigenvalue weighted by molar-refractivity contribution is 5.46. The Labute approximate surface area is 149 Å². The van der Waals surface area contributed by atoms with Gasteiger partial charge in [-0.1, -0.05) is 18.2 Å². The molecule has 1 saturated heterocycles. The van der Waals surface area contributed by atoms with Crippen LogP contribution in [0, 0.1) is 10.1 Å². The largest absolute Gasteiger partial charge is 0.394 e. The van der Waals surface area contributed by atoms with Crippen LogP contribution in [0.15, 0.2) is 41.3 Å². The van der Waals surface area contributed by atoms with E-state index in [1.807, 2.05) is 0 Å². The number of nitrogens with one attached hydrogen (secondary N) is 1. The van der Waals surface area contributed by atoms with Gasteiger partial charge in [0.1, 0.15) is 12.0 Å². The van der Waals surface area contributed by atoms with Crippen LogP contribution in [0.25, 0.3) is 0 Å². The van der Waals surface area contributed by atoms with E-state index in [1.54, 1.807) is 37.4 Å². The minimum absolute atomic E-state index is 0.00948. The average Bonchev–Trinajstić information content (AvgIpc) is 3.10. The summed E-state index contributed by atoms with van der Waals surface area (Å²) in [5.41, 5.74) is 0.0389. The predicted molar refractivity (Wildman–Crippen MR) is 93.9 cm³/mol. The summed E-state index contributed by atoms with van der Waals surface area (Å²) < 4.78 is 6.97. The molecule has 0 radical (unpaired) electrons. The maximum absolute atomic E-state index is 12.3. The molecule has 138 valence electrons. The van der Waals surface area contributed by atoms with E-state index in [0.29, 0.717) is 24.2 Å². The molecule has 0 bridgehead atoms. The van der Waals surface area contributed by atoms with Crippen molar-refractivity contribution in [1.29, 1.82) is 0 Å². The van der Waals surface area contributed by atoms with Gasteiger partial charge in [0.15, 0.2) is 0 Å². The van der Waals surface area contributed by atoms with Gasteiger partial charge in [0.05, 0.1) is 29.2 Å². The summed E-state index contributed by atoms with van der Waals surface area (Å²) in [4.78, 5) is 27.0. The fourth-order valence-corrected chi connectivity index (χ4v) is 3.06. The van der Waals surface area contributed by atoms with Crippen molar-refractivity contribution in [2.24, 2.45) is 0 Å². The van der Waals surface area contributed by atoms with Crippen molar-refractivity contribution in [3.63, 3.8) is 0 Å². The van der Waals surface area contributed by atoms with E-state index >= 15 is 0 Å². The van der Waals surface area contributed by atoms with Crippen LogP contribution in [0.5, 0.6) is 0 Å². The third-order valence-electron chi connectivity index (χ3n) is 4.39. The molecule has 0 aliphatic carbocycles. The van der Waals surface area contributed by atoms with Crippen molar-refractivity contribution in [3.8, 4) is 0 Å². The highest BCUT2D eigenvalue weighted by atomic mass is 16.6. The predicted octanol–water partition coefficient (Wildman–Crippen LogP) is 1.99. The third-order valence-corrected chi connectivity index (χ3v) is 4.39. The monoisotopic (exact) mass is 360 g/mol. The lowest BCUT2D eigenvalue weighted by molar-refractivity contribution is -0.385. The van der Waals surface area contributed by atoms with Gasteiger partial charge in [-0.3, -0.25) is 14.7 Å². The lowest BCUT2D eigenvalue weighted by Gasteiger charge is -2.17. The van der Waals surface area contributed by atoms with Crippen molar-refractivity contribution >= 4 is 11.5 Å². The average molecular weight is 360 g/mol. The van der Waals surface area contributed by atoms with E-state index in [2.05, 4.69) is 10.3 Å². The summed E-state index contributed by atoms with van der Waals surface area (Å²) in [6.45, 7) is 1.69. The van der Waals surface area contributed by atoms with Crippen LogP contribution in [-0.2, 0) is 4.74 Å². The number of rotatable bonds is 6. The first kappa shape index (κ1) is 18.0. The van der Waals surface area contributed by atoms with Gasteiger partial charge in [0.25, 0.3) is 5.69 Å². The summed E-state index contributed by atoms with van der Waals surface area (Å²) in [5.74, 6) is 0.327. The molecule has 1 aromatic heterocycles. The van der Waals surface area contributed by atoms with Gasteiger partial charge in [-0.25, -0.2) is 4.79 Å². The first-order chi connectivity index (χ1) is 12.5. The first-order valence-electron chi connectivity index (χ1n) is 8.35. The second-order valence-electron chi connectivity index (χ2n) is 6.16. The number of nitro groups is 1. The molecule has 1 aliphatic rings. The van der Waals surface area contributed by atoms with Crippen LogP contribution < -0.4 is 11.0 Å². The zero-order valence-electron chi connectivity index (χ0n) is 14.2. The first-order valence-corrected chi connectivity index (χ1v) is 8.35. The Morgan fingerprint density at radius 2 is 2.19 bits per heavy atom. The van der Waals surface area contributed by atoms with Crippen molar-refractivity contribution in [2.75, 3.05) is 11.9 Å². The van der Waals surface area contributed by atoms with Gasteiger partial charge in [0.2, 0.25) is 0 Å². The molecule has 0 amide bonds. The summed E-state index contributed by atoms with van der Waals surface area (Å²) in [5, 5.41) is 23.3. The number of anilines is 1. The number of ether oxygens (including phenoxy) is 1. The van der Waals surface area contributed by atoms with Gasteiger partial charge >= 0.3 is 5.69 Å². The van der Waals surface area contributed by atoms with Gasteiger partial charge in [-0.15, -0.1) is 0 Å². The van der Waals surface area contributed by atoms with Crippen molar-refractivity contribution in [1.82, 2.24) is 9.55 Å². The van der Waals surface area contributed by atoms with E-state index < -0.39 is 22.9 Å². The minimum atomic E-state index is -0.478. The number of aliphatic hydroxyl groups is 1. The number of aliphatic hydroxyl groups excluding tert-OH is 1. The van der Waals surface area contributed by atoms with Crippen LogP contribution in [0.3, 0.4) is 0 Å². The molecule has 3 atom stereocenters. The van der Waals surface area contributed by atoms with E-state index in [1.165, 1.54) is 10.6 Å². The molecule has 1 aliphatic heterocycles. The standard InChI is InChI=1S/C17H20N4O5/c1-11(13-4-2-3-5-14(13)21(24)25)18-15-8-9-20(17(23)19-15)16-7-6-12(10-22)26-16/h2-5,8-9,11-12,16,22H,6-7,10H2,1H3,(H,18,19,23)/t11?,12-,16+/m0/s1. The summed E-state index contributed by atoms with van der Waals surface area (Å²) in [7, 11) is 0. The molecule has 0 saturated carbocycles. The molecule has 3 rings (SSSR count). The summed E-state index contributed by atoms with van der Waals surface area (Å²) in [6, 6.07) is 7.66. The molecule has 2 heterocycles. The van der Waals surface area contributed by atoms with Crippen LogP contribution >= 0.6 is 0 Å². The van der Waals surface area contributed by atoms with Gasteiger partial charge < -0.3 is 15.2 Å². The van der Waals surface area contributed by atoms with Crippen molar-refractivity contribution in [2.45, 2.75) is 38.1 Å². The van der Waals surface area contributed by atoms with E-state index in [4.69, 9.17) is 9.84 Å². The van der Waals surface area contributed by atoms with Crippen molar-refractivity contribution < 1.29 is 14.8 Å². The molecule has 2 aromatic rings. The maximum atomic E-state index is 12.3. The lowest BCUT2D eigenvalue weighted by Crippen LogP contribution is -2.28. The van der Waals surface area contributed by atoms with Gasteiger partial charge in [-0.05, 0) is 25.8 Å². The third kappa shape index (κ3) is 3.73. The summed E-state index contributed by atoms with van der Waals surface area (Å²) >= 11 is 0. The molecular weight excluding hydrogens is 340 g/mol. The summed E-state index contributed by atoms with van der Waals surface area (Å²) in [6.07, 6.45) is 2.19. The highest BCUT2D eigenvalue weighted by Crippen LogP contribution is 2.28. The molecule has 2 N–H and O–H groups in total. The number of aromatic nitrogens is 2. The Kier molecular flexibility index (Phi) is 5.29. The molecule has 26 heavy (non-hydrogen) atoms. The Morgan fingerprint density at radius 1 is 1.42 bits per heavy atom. The van der Waals surface area contributed by atoms with E-state index in [9.17, 15) is 14.9 Å². The molecule has 1 fully saturated rings. The highest BCUT2D eigenvalue weighted by Gasteiger charge is 2.27. The fraction of sp³-hybridized carbons (Fsp3) is 0.412. The Hall–Kier alpha value is -2.78. The lowest BCUT2D eigenvalue weighted by atomic mass is 10.1. The van der Waals surface area contributed by atoms with Gasteiger partial charge in [0, 0.05) is 12.3 Å². The van der Waals surface area contributed by atoms with Crippen LogP contribution in [-0.4, -0.2) is 32.3 Å². The van der Waals surface area contributed by atoms with Crippen molar-refractivity contribution in [3.05, 3.63) is 62.7 Å². The molecule has 1 unspecified atom stereocenters. The second-order valence-corrected chi connectivity index (χ2v) is 6.16. The number of nitrogens with zero attached hydrogens (tertiary/aromatic N) is 3. The SMILES string of the molecule is CC(Nc1ccn([C@H]2CC[C@@H](CO)O2)c(=O)n1)c1ccccc1[N+](=O)[O-]. The maximum Gasteiger partial charge on any atom is 0.351 e. The van der Waals surface area contributed by atoms with Crippen LogP contribution in [0.4, 0.5) is 11.5 Å². The molecule has 0 spiro atoms. The smallest absolute Gasteiger partial charge is 0.351 e. The van der Waals surface area contributed by atoms with Crippen LogP contribution in [0.1, 0.15) is 37.6 Å². The Bertz CT molecular complexity index is 853. The quantitative estimate of drug-likeness (QED) is 0.597. The molecule has 9 nitrogen and oxygen atoms in total. The second kappa shape index (κ2) is 7.63. The zero-order valence-corrected chi connectivity index (χ0v) is 14.2. The normalized spacial score (nSPS) is 20.7. The zero-order chi connectivity index (χ0) is 18.7. The van der Waals surface area contributed by atoms with Crippen LogP contribution in [0.2, 0.25) is 0 Å². The minimum Gasteiger partial charge on any atom is -0.394 e. The molecule has 1 aromatic carbocycles. The topological polar surface area (TPSA) is 120 Å². The van der Waals surface area contributed by atoms with E-state index in [0.717, 1.165) is 0 Å². The Balaban J connectivity index is 1.76. The number of nitro benzene ring substituents is 1. The van der Waals surface area contributed by atoms with Gasteiger partial charge in [-0.2, -0.15) is 4.98 Å². The Morgan fingerprint density at radius 3 is 2.85 bits per heavy atom.